The largest absolute Gasteiger partial charge is 0.488 e. The number of carbonyl (C=O) groups is 1. The fraction of sp³-hybridized carbons (Fsp3) is 0.188. The Morgan fingerprint density at radius 3 is 2.95 bits per heavy atom. The molecule has 2 aromatic rings. The third-order valence-corrected chi connectivity index (χ3v) is 3.77. The van der Waals surface area contributed by atoms with Crippen LogP contribution in [0, 0.1) is 0 Å². The maximum absolute atomic E-state index is 12.1. The van der Waals surface area contributed by atoms with Crippen molar-refractivity contribution in [2.24, 2.45) is 0 Å². The minimum atomic E-state index is -0.244. The van der Waals surface area contributed by atoms with Crippen LogP contribution < -0.4 is 15.8 Å². The van der Waals surface area contributed by atoms with Gasteiger partial charge in [0, 0.05) is 12.1 Å². The van der Waals surface area contributed by atoms with Crippen molar-refractivity contribution in [3.8, 4) is 5.75 Å². The van der Waals surface area contributed by atoms with E-state index in [-0.39, 0.29) is 12.0 Å². The first kappa shape index (κ1) is 13.8. The summed E-state index contributed by atoms with van der Waals surface area (Å²) in [6, 6.07) is 12.7. The molecule has 0 radical (unpaired) electrons. The molecule has 108 valence electrons. The zero-order valence-electron chi connectivity index (χ0n) is 11.3. The number of nitrogens with two attached hydrogens (primary N) is 1. The molecule has 3 rings (SSSR count). The predicted octanol–water partition coefficient (Wildman–Crippen LogP) is 2.66. The molecule has 1 atom stereocenters. The number of halogens is 1. The Labute approximate surface area is 127 Å². The molecule has 1 aliphatic heterocycles. The summed E-state index contributed by atoms with van der Waals surface area (Å²) in [5.41, 5.74) is 7.73. The fourth-order valence-corrected chi connectivity index (χ4v) is 2.59. The summed E-state index contributed by atoms with van der Waals surface area (Å²) < 4.78 is 5.77. The van der Waals surface area contributed by atoms with E-state index in [1.165, 1.54) is 5.56 Å². The minimum Gasteiger partial charge on any atom is -0.488 e. The number of hydrogen-bond acceptors (Lipinski definition) is 3. The van der Waals surface area contributed by atoms with Crippen LogP contribution >= 0.6 is 11.6 Å². The first-order valence-corrected chi connectivity index (χ1v) is 7.09. The van der Waals surface area contributed by atoms with Crippen molar-refractivity contribution >= 4 is 23.2 Å². The molecule has 5 heteroatoms. The number of carbonyl (C=O) groups excluding carboxylic acids is 1. The van der Waals surface area contributed by atoms with Crippen LogP contribution in [-0.2, 0) is 6.42 Å². The van der Waals surface area contributed by atoms with Gasteiger partial charge in [0.15, 0.2) is 0 Å². The van der Waals surface area contributed by atoms with Crippen molar-refractivity contribution in [3.63, 3.8) is 0 Å². The van der Waals surface area contributed by atoms with Crippen molar-refractivity contribution in [2.75, 3.05) is 12.3 Å². The van der Waals surface area contributed by atoms with E-state index < -0.39 is 0 Å². The number of benzene rings is 2. The average molecular weight is 303 g/mol. The quantitative estimate of drug-likeness (QED) is 0.857. The van der Waals surface area contributed by atoms with Crippen LogP contribution in [0.25, 0.3) is 0 Å². The molecule has 0 aliphatic carbocycles. The molecule has 0 saturated heterocycles. The number of fused-ring (bicyclic) bond motifs is 1. The predicted molar refractivity (Wildman–Crippen MR) is 82.8 cm³/mol. The van der Waals surface area contributed by atoms with Gasteiger partial charge in [-0.05, 0) is 29.8 Å². The van der Waals surface area contributed by atoms with E-state index in [2.05, 4.69) is 5.32 Å². The summed E-state index contributed by atoms with van der Waals surface area (Å²) in [6.07, 6.45) is 0.743. The Balaban J connectivity index is 1.61. The van der Waals surface area contributed by atoms with Crippen LogP contribution in [0.2, 0.25) is 5.02 Å². The number of para-hydroxylation sites is 1. The number of ether oxygens (including phenoxy) is 1. The van der Waals surface area contributed by atoms with Gasteiger partial charge in [-0.2, -0.15) is 0 Å². The highest BCUT2D eigenvalue weighted by Crippen LogP contribution is 2.27. The molecule has 0 aromatic heterocycles. The van der Waals surface area contributed by atoms with Gasteiger partial charge in [-0.15, -0.1) is 0 Å². The number of nitrogen functional groups attached to an aromatic ring is 1. The molecule has 0 bridgehead atoms. The Kier molecular flexibility index (Phi) is 3.71. The van der Waals surface area contributed by atoms with Gasteiger partial charge in [0.1, 0.15) is 11.9 Å². The number of anilines is 1. The molecule has 1 heterocycles. The van der Waals surface area contributed by atoms with Crippen LogP contribution in [0.5, 0.6) is 5.75 Å². The summed E-state index contributed by atoms with van der Waals surface area (Å²) in [7, 11) is 0. The highest BCUT2D eigenvalue weighted by atomic mass is 35.5. The van der Waals surface area contributed by atoms with E-state index in [9.17, 15) is 4.79 Å². The van der Waals surface area contributed by atoms with Gasteiger partial charge in [0.2, 0.25) is 0 Å². The van der Waals surface area contributed by atoms with Gasteiger partial charge >= 0.3 is 0 Å². The third-order valence-electron chi connectivity index (χ3n) is 3.44. The fourth-order valence-electron chi connectivity index (χ4n) is 2.39. The highest BCUT2D eigenvalue weighted by Gasteiger charge is 2.23. The maximum Gasteiger partial charge on any atom is 0.253 e. The first-order valence-electron chi connectivity index (χ1n) is 6.71. The summed E-state index contributed by atoms with van der Waals surface area (Å²) in [5, 5.41) is 3.23. The molecule has 3 N–H and O–H groups in total. The van der Waals surface area contributed by atoms with E-state index in [1.54, 1.807) is 18.2 Å². The lowest BCUT2D eigenvalue weighted by Gasteiger charge is -2.12. The average Bonchev–Trinajstić information content (AvgIpc) is 2.90. The summed E-state index contributed by atoms with van der Waals surface area (Å²) in [5.74, 6) is 0.644. The van der Waals surface area contributed by atoms with E-state index >= 15 is 0 Å². The second-order valence-electron chi connectivity index (χ2n) is 5.00. The Morgan fingerprint density at radius 1 is 1.33 bits per heavy atom. The van der Waals surface area contributed by atoms with Crippen LogP contribution in [-0.4, -0.2) is 18.6 Å². The zero-order valence-corrected chi connectivity index (χ0v) is 12.1. The van der Waals surface area contributed by atoms with Gasteiger partial charge in [-0.1, -0.05) is 29.8 Å². The third kappa shape index (κ3) is 2.95. The van der Waals surface area contributed by atoms with Crippen molar-refractivity contribution < 1.29 is 9.53 Å². The molecular weight excluding hydrogens is 288 g/mol. The summed E-state index contributed by atoms with van der Waals surface area (Å²) in [4.78, 5) is 12.1. The lowest BCUT2D eigenvalue weighted by atomic mass is 10.1. The van der Waals surface area contributed by atoms with Gasteiger partial charge in [-0.25, -0.2) is 0 Å². The Bertz CT molecular complexity index is 663. The lowest BCUT2D eigenvalue weighted by molar-refractivity contribution is 0.0933. The van der Waals surface area contributed by atoms with E-state index in [0.29, 0.717) is 22.8 Å². The SMILES string of the molecule is Nc1ccc(Cl)c(C(=O)NCC2Cc3ccccc3O2)c1. The van der Waals surface area contributed by atoms with Crippen LogP contribution in [0.4, 0.5) is 5.69 Å². The summed E-state index contributed by atoms with van der Waals surface area (Å²) >= 11 is 6.01. The Hall–Kier alpha value is -2.20. The molecule has 0 spiro atoms. The first-order chi connectivity index (χ1) is 10.1. The zero-order chi connectivity index (χ0) is 14.8. The van der Waals surface area contributed by atoms with Gasteiger partial charge in [-0.3, -0.25) is 4.79 Å². The topological polar surface area (TPSA) is 64.4 Å². The van der Waals surface area contributed by atoms with Gasteiger partial charge < -0.3 is 15.8 Å². The molecule has 1 unspecified atom stereocenters. The van der Waals surface area contributed by atoms with E-state index in [1.807, 2.05) is 24.3 Å². The molecule has 1 aliphatic rings. The second-order valence-corrected chi connectivity index (χ2v) is 5.41. The number of amides is 1. The van der Waals surface area contributed by atoms with E-state index in [0.717, 1.165) is 12.2 Å². The molecule has 0 fully saturated rings. The van der Waals surface area contributed by atoms with Crippen molar-refractivity contribution in [3.05, 3.63) is 58.6 Å². The van der Waals surface area contributed by atoms with E-state index in [4.69, 9.17) is 22.1 Å². The number of hydrogen-bond donors (Lipinski definition) is 2. The molecule has 21 heavy (non-hydrogen) atoms. The van der Waals surface area contributed by atoms with Crippen LogP contribution in [0.15, 0.2) is 42.5 Å². The van der Waals surface area contributed by atoms with Crippen molar-refractivity contribution in [2.45, 2.75) is 12.5 Å². The standard InChI is InChI=1S/C16H15ClN2O2/c17-14-6-5-11(18)8-13(14)16(20)19-9-12-7-10-3-1-2-4-15(10)21-12/h1-6,8,12H,7,9,18H2,(H,19,20). The van der Waals surface area contributed by atoms with Crippen molar-refractivity contribution in [1.82, 2.24) is 5.32 Å². The van der Waals surface area contributed by atoms with Crippen LogP contribution in [0.1, 0.15) is 15.9 Å². The van der Waals surface area contributed by atoms with Crippen molar-refractivity contribution in [1.29, 1.82) is 0 Å². The second kappa shape index (κ2) is 5.66. The molecule has 2 aromatic carbocycles. The number of rotatable bonds is 3. The van der Waals surface area contributed by atoms with Crippen LogP contribution in [0.3, 0.4) is 0 Å². The van der Waals surface area contributed by atoms with Gasteiger partial charge in [0.25, 0.3) is 5.91 Å². The number of nitrogens with one attached hydrogen (secondary N) is 1. The molecule has 1 amide bonds. The molecular formula is C16H15ClN2O2. The highest BCUT2D eigenvalue weighted by molar-refractivity contribution is 6.34. The molecule has 4 nitrogen and oxygen atoms in total. The maximum atomic E-state index is 12.1. The monoisotopic (exact) mass is 302 g/mol. The van der Waals surface area contributed by atoms with Gasteiger partial charge in [0.05, 0.1) is 17.1 Å². The normalized spacial score (nSPS) is 16.1. The summed E-state index contributed by atoms with van der Waals surface area (Å²) in [6.45, 7) is 0.429. The smallest absolute Gasteiger partial charge is 0.253 e. The molecule has 0 saturated carbocycles. The Morgan fingerprint density at radius 2 is 2.14 bits per heavy atom. The lowest BCUT2D eigenvalue weighted by Crippen LogP contribution is -2.34. The minimum absolute atomic E-state index is 0.0498.